The summed E-state index contributed by atoms with van der Waals surface area (Å²) >= 11 is 1.73. The number of nitrogens with one attached hydrogen (secondary N) is 2. The van der Waals surface area contributed by atoms with Gasteiger partial charge in [0.05, 0.1) is 6.54 Å². The number of hydrogen-bond donors (Lipinski definition) is 2. The Bertz CT molecular complexity index is 432. The van der Waals surface area contributed by atoms with Crippen LogP contribution in [0.4, 0.5) is 0 Å². The van der Waals surface area contributed by atoms with Crippen LogP contribution in [0.2, 0.25) is 0 Å². The van der Waals surface area contributed by atoms with E-state index in [4.69, 9.17) is 0 Å². The zero-order chi connectivity index (χ0) is 13.7. The van der Waals surface area contributed by atoms with Gasteiger partial charge in [-0.25, -0.2) is 4.98 Å². The summed E-state index contributed by atoms with van der Waals surface area (Å²) in [4.78, 5) is 9.87. The van der Waals surface area contributed by atoms with E-state index in [2.05, 4.69) is 34.5 Å². The Kier molecular flexibility index (Phi) is 4.80. The van der Waals surface area contributed by atoms with Gasteiger partial charge < -0.3 is 10.6 Å². The summed E-state index contributed by atoms with van der Waals surface area (Å²) in [5.41, 5.74) is 0.440. The summed E-state index contributed by atoms with van der Waals surface area (Å²) in [5.74, 6) is 0.876. The number of aliphatic imine (C=N–C) groups is 1. The highest BCUT2D eigenvalue weighted by Gasteiger charge is 2.28. The average molecular weight is 280 g/mol. The number of rotatable bonds is 4. The van der Waals surface area contributed by atoms with Crippen molar-refractivity contribution in [1.29, 1.82) is 0 Å². The van der Waals surface area contributed by atoms with Gasteiger partial charge in [-0.3, -0.25) is 4.99 Å². The normalized spacial score (nSPS) is 18.6. The third-order valence-electron chi connectivity index (χ3n) is 3.79. The number of hydrogen-bond acceptors (Lipinski definition) is 3. The van der Waals surface area contributed by atoms with Gasteiger partial charge in [-0.2, -0.15) is 0 Å². The molecule has 0 saturated heterocycles. The Morgan fingerprint density at radius 2 is 2.16 bits per heavy atom. The van der Waals surface area contributed by atoms with E-state index >= 15 is 0 Å². The van der Waals surface area contributed by atoms with E-state index in [-0.39, 0.29) is 0 Å². The van der Waals surface area contributed by atoms with Crippen LogP contribution in [0, 0.1) is 12.3 Å². The first-order chi connectivity index (χ1) is 9.11. The Morgan fingerprint density at radius 3 is 2.74 bits per heavy atom. The van der Waals surface area contributed by atoms with Gasteiger partial charge in [-0.05, 0) is 25.2 Å². The van der Waals surface area contributed by atoms with Crippen LogP contribution in [0.1, 0.15) is 42.5 Å². The Hall–Kier alpha value is -1.10. The maximum absolute atomic E-state index is 4.35. The fourth-order valence-electron chi connectivity index (χ4n) is 2.57. The molecule has 0 atom stereocenters. The predicted octanol–water partition coefficient (Wildman–Crippen LogP) is 2.70. The van der Waals surface area contributed by atoms with E-state index < -0.39 is 0 Å². The van der Waals surface area contributed by atoms with E-state index in [9.17, 15) is 0 Å². The molecule has 1 aromatic rings. The molecule has 1 aromatic heterocycles. The van der Waals surface area contributed by atoms with Crippen molar-refractivity contribution in [2.45, 2.75) is 46.1 Å². The van der Waals surface area contributed by atoms with Crippen LogP contribution in [0.25, 0.3) is 0 Å². The molecule has 1 saturated carbocycles. The molecule has 1 aliphatic carbocycles. The summed E-state index contributed by atoms with van der Waals surface area (Å²) in [6, 6.07) is 0. The predicted molar refractivity (Wildman–Crippen MR) is 81.6 cm³/mol. The molecule has 0 amide bonds. The molecule has 0 spiro atoms. The summed E-state index contributed by atoms with van der Waals surface area (Å²) in [6.07, 6.45) is 7.29. The van der Waals surface area contributed by atoms with Gasteiger partial charge in [0, 0.05) is 24.7 Å². The number of nitrogens with zero attached hydrogens (tertiary/aromatic N) is 2. The van der Waals surface area contributed by atoms with Crippen molar-refractivity contribution in [2.24, 2.45) is 10.4 Å². The van der Waals surface area contributed by atoms with Gasteiger partial charge in [0.1, 0.15) is 5.01 Å². The molecule has 0 aliphatic heterocycles. The molecule has 1 aliphatic rings. The van der Waals surface area contributed by atoms with Crippen molar-refractivity contribution in [3.63, 3.8) is 0 Å². The second-order valence-corrected chi connectivity index (χ2v) is 6.98. The SMILES string of the molecule is CN=C(NCc1ncc(C)s1)NCC1(C)CCCC1. The first kappa shape index (κ1) is 14.3. The van der Waals surface area contributed by atoms with E-state index in [0.717, 1.165) is 24.1 Å². The van der Waals surface area contributed by atoms with Gasteiger partial charge >= 0.3 is 0 Å². The third-order valence-corrected chi connectivity index (χ3v) is 4.71. The van der Waals surface area contributed by atoms with Crippen LogP contribution < -0.4 is 10.6 Å². The fourth-order valence-corrected chi connectivity index (χ4v) is 3.29. The lowest BCUT2D eigenvalue weighted by molar-refractivity contribution is 0.334. The van der Waals surface area contributed by atoms with Crippen LogP contribution in [-0.2, 0) is 6.54 Å². The second kappa shape index (κ2) is 6.37. The number of guanidine groups is 1. The van der Waals surface area contributed by atoms with Crippen molar-refractivity contribution in [1.82, 2.24) is 15.6 Å². The van der Waals surface area contributed by atoms with E-state index in [0.29, 0.717) is 5.41 Å². The van der Waals surface area contributed by atoms with Crippen molar-refractivity contribution in [2.75, 3.05) is 13.6 Å². The average Bonchev–Trinajstić information content (AvgIpc) is 2.99. The van der Waals surface area contributed by atoms with Gasteiger partial charge in [-0.15, -0.1) is 11.3 Å². The summed E-state index contributed by atoms with van der Waals surface area (Å²) in [6.45, 7) is 6.19. The number of aromatic nitrogens is 1. The topological polar surface area (TPSA) is 49.3 Å². The smallest absolute Gasteiger partial charge is 0.191 e. The molecule has 106 valence electrons. The molecule has 0 unspecified atom stereocenters. The quantitative estimate of drug-likeness (QED) is 0.658. The van der Waals surface area contributed by atoms with Gasteiger partial charge in [0.2, 0.25) is 0 Å². The van der Waals surface area contributed by atoms with Crippen molar-refractivity contribution >= 4 is 17.3 Å². The highest BCUT2D eigenvalue weighted by molar-refractivity contribution is 7.11. The first-order valence-electron chi connectivity index (χ1n) is 6.97. The molecule has 0 bridgehead atoms. The number of aryl methyl sites for hydroxylation is 1. The molecule has 0 aromatic carbocycles. The molecule has 5 heteroatoms. The summed E-state index contributed by atoms with van der Waals surface area (Å²) in [5, 5.41) is 7.88. The Balaban J connectivity index is 1.77. The lowest BCUT2D eigenvalue weighted by Gasteiger charge is -2.25. The minimum Gasteiger partial charge on any atom is -0.356 e. The maximum Gasteiger partial charge on any atom is 0.191 e. The molecule has 4 nitrogen and oxygen atoms in total. The van der Waals surface area contributed by atoms with Crippen molar-refractivity contribution in [3.8, 4) is 0 Å². The van der Waals surface area contributed by atoms with Crippen LogP contribution in [0.5, 0.6) is 0 Å². The zero-order valence-electron chi connectivity index (χ0n) is 12.1. The van der Waals surface area contributed by atoms with Crippen LogP contribution in [-0.4, -0.2) is 24.5 Å². The molecule has 1 fully saturated rings. The molecule has 19 heavy (non-hydrogen) atoms. The minimum atomic E-state index is 0.440. The highest BCUT2D eigenvalue weighted by atomic mass is 32.1. The molecule has 2 rings (SSSR count). The van der Waals surface area contributed by atoms with Gasteiger partial charge in [-0.1, -0.05) is 19.8 Å². The molecule has 0 radical (unpaired) electrons. The second-order valence-electron chi connectivity index (χ2n) is 5.66. The van der Waals surface area contributed by atoms with Crippen LogP contribution >= 0.6 is 11.3 Å². The van der Waals surface area contributed by atoms with Crippen molar-refractivity contribution < 1.29 is 0 Å². The molecule has 1 heterocycles. The van der Waals surface area contributed by atoms with E-state index in [1.54, 1.807) is 11.3 Å². The van der Waals surface area contributed by atoms with E-state index in [1.807, 2.05) is 13.2 Å². The lowest BCUT2D eigenvalue weighted by Crippen LogP contribution is -2.41. The molecule has 2 N–H and O–H groups in total. The first-order valence-corrected chi connectivity index (χ1v) is 7.79. The third kappa shape index (κ3) is 4.20. The van der Waals surface area contributed by atoms with Crippen LogP contribution in [0.3, 0.4) is 0 Å². The lowest BCUT2D eigenvalue weighted by atomic mass is 9.89. The van der Waals surface area contributed by atoms with Crippen molar-refractivity contribution in [3.05, 3.63) is 16.1 Å². The van der Waals surface area contributed by atoms with E-state index in [1.165, 1.54) is 30.6 Å². The molecular weight excluding hydrogens is 256 g/mol. The summed E-state index contributed by atoms with van der Waals surface area (Å²) < 4.78 is 0. The van der Waals surface area contributed by atoms with Gasteiger partial charge in [0.25, 0.3) is 0 Å². The number of thiazole rings is 1. The highest BCUT2D eigenvalue weighted by Crippen LogP contribution is 2.36. The minimum absolute atomic E-state index is 0.440. The summed E-state index contributed by atoms with van der Waals surface area (Å²) in [7, 11) is 1.82. The Morgan fingerprint density at radius 1 is 1.42 bits per heavy atom. The standard InChI is InChI=1S/C14H24N4S/c1-11-8-16-12(19-11)9-17-13(15-3)18-10-14(2)6-4-5-7-14/h8H,4-7,9-10H2,1-3H3,(H2,15,17,18). The fraction of sp³-hybridized carbons (Fsp3) is 0.714. The monoisotopic (exact) mass is 280 g/mol. The Labute approximate surface area is 119 Å². The van der Waals surface area contributed by atoms with Crippen LogP contribution in [0.15, 0.2) is 11.2 Å². The van der Waals surface area contributed by atoms with Gasteiger partial charge in [0.15, 0.2) is 5.96 Å². The largest absolute Gasteiger partial charge is 0.356 e. The zero-order valence-corrected chi connectivity index (χ0v) is 12.9. The maximum atomic E-state index is 4.35. The molecular formula is C14H24N4S.